The number of halogens is 7. The predicted molar refractivity (Wildman–Crippen MR) is 104 cm³/mol. The summed E-state index contributed by atoms with van der Waals surface area (Å²) in [6, 6.07) is 7.89. The first-order chi connectivity index (χ1) is 14.7. The zero-order valence-electron chi connectivity index (χ0n) is 16.6. The maximum Gasteiger partial charge on any atom is 0.435 e. The number of likely N-dealkylation sites (tertiary alicyclic amines) is 1. The van der Waals surface area contributed by atoms with Crippen molar-refractivity contribution >= 4 is 17.3 Å². The van der Waals surface area contributed by atoms with Gasteiger partial charge in [-0.15, -0.1) is 0 Å². The van der Waals surface area contributed by atoms with Crippen LogP contribution in [0.5, 0.6) is 0 Å². The quantitative estimate of drug-likeness (QED) is 0.626. The van der Waals surface area contributed by atoms with E-state index in [0.29, 0.717) is 36.3 Å². The Kier molecular flexibility index (Phi) is 5.26. The number of aliphatic hydroxyl groups is 1. The van der Waals surface area contributed by atoms with Gasteiger partial charge in [-0.05, 0) is 36.4 Å². The fourth-order valence-corrected chi connectivity index (χ4v) is 4.28. The monoisotopic (exact) mass is 478 g/mol. The number of hydrogen-bond acceptors (Lipinski definition) is 4. The second kappa shape index (κ2) is 7.36. The molecule has 11 heteroatoms. The fourth-order valence-electron chi connectivity index (χ4n) is 4.05. The van der Waals surface area contributed by atoms with Gasteiger partial charge in [0.05, 0.1) is 11.3 Å². The topological polar surface area (TPSA) is 45.1 Å². The Hall–Kier alpha value is -2.30. The van der Waals surface area contributed by atoms with Crippen LogP contribution < -0.4 is 0 Å². The van der Waals surface area contributed by atoms with Gasteiger partial charge in [-0.3, -0.25) is 4.90 Å². The standard InChI is InChI=1S/C21H17ClF6N2O2/c1-30-10-18(31,11-30)13-4-2-12(3-5-13)17-9-19(32-29-17,21(26,27)28)14-6-15(20(23,24)25)8-16(22)7-14/h2-8,31H,9-11H2,1H3. The zero-order chi connectivity index (χ0) is 23.5. The highest BCUT2D eigenvalue weighted by Crippen LogP contribution is 2.50. The van der Waals surface area contributed by atoms with Crippen LogP contribution in [0.4, 0.5) is 26.3 Å². The van der Waals surface area contributed by atoms with Crippen molar-refractivity contribution < 1.29 is 36.3 Å². The molecule has 2 aliphatic heterocycles. The Balaban J connectivity index is 1.66. The number of rotatable bonds is 3. The maximum atomic E-state index is 14.1. The van der Waals surface area contributed by atoms with Crippen molar-refractivity contribution in [2.45, 2.75) is 30.0 Å². The molecule has 2 heterocycles. The summed E-state index contributed by atoms with van der Waals surface area (Å²) in [4.78, 5) is 6.71. The molecule has 0 aliphatic carbocycles. The summed E-state index contributed by atoms with van der Waals surface area (Å²) in [6.45, 7) is 0.841. The summed E-state index contributed by atoms with van der Waals surface area (Å²) >= 11 is 5.70. The van der Waals surface area contributed by atoms with Crippen molar-refractivity contribution in [2.75, 3.05) is 20.1 Å². The molecule has 4 rings (SSSR count). The molecule has 172 valence electrons. The van der Waals surface area contributed by atoms with Gasteiger partial charge in [0.2, 0.25) is 0 Å². The molecule has 0 saturated carbocycles. The van der Waals surface area contributed by atoms with Crippen LogP contribution >= 0.6 is 11.6 Å². The zero-order valence-corrected chi connectivity index (χ0v) is 17.3. The summed E-state index contributed by atoms with van der Waals surface area (Å²) < 4.78 is 81.8. The second-order valence-corrected chi connectivity index (χ2v) is 8.57. The third kappa shape index (κ3) is 3.84. The van der Waals surface area contributed by atoms with E-state index in [4.69, 9.17) is 16.4 Å². The Morgan fingerprint density at radius 2 is 1.62 bits per heavy atom. The molecule has 0 aromatic heterocycles. The lowest BCUT2D eigenvalue weighted by Gasteiger charge is -2.44. The van der Waals surface area contributed by atoms with Crippen LogP contribution in [0.25, 0.3) is 0 Å². The number of oxime groups is 1. The van der Waals surface area contributed by atoms with E-state index in [1.807, 2.05) is 11.9 Å². The molecule has 1 saturated heterocycles. The van der Waals surface area contributed by atoms with E-state index in [9.17, 15) is 31.4 Å². The van der Waals surface area contributed by atoms with E-state index < -0.39 is 46.1 Å². The molecule has 2 aromatic rings. The largest absolute Gasteiger partial charge is 0.435 e. The van der Waals surface area contributed by atoms with Crippen LogP contribution in [-0.4, -0.2) is 42.0 Å². The smallest absolute Gasteiger partial charge is 0.382 e. The SMILES string of the molecule is CN1CC(O)(c2ccc(C3=NOC(c4cc(Cl)cc(C(F)(F)F)c4)(C(F)(F)F)C3)cc2)C1. The number of alkyl halides is 6. The van der Waals surface area contributed by atoms with Gasteiger partial charge in [0.1, 0.15) is 5.60 Å². The molecule has 4 nitrogen and oxygen atoms in total. The van der Waals surface area contributed by atoms with Crippen molar-refractivity contribution in [1.29, 1.82) is 0 Å². The number of nitrogens with zero attached hydrogens (tertiary/aromatic N) is 2. The van der Waals surface area contributed by atoms with E-state index in [1.54, 1.807) is 12.1 Å². The number of hydrogen-bond donors (Lipinski definition) is 1. The minimum Gasteiger partial charge on any atom is -0.382 e. The molecule has 1 unspecified atom stereocenters. The Morgan fingerprint density at radius 3 is 2.16 bits per heavy atom. The Labute approximate surface area is 184 Å². The van der Waals surface area contributed by atoms with Crippen molar-refractivity contribution in [3.05, 3.63) is 69.7 Å². The van der Waals surface area contributed by atoms with E-state index in [1.165, 1.54) is 12.1 Å². The lowest BCUT2D eigenvalue weighted by molar-refractivity contribution is -0.276. The molecule has 1 fully saturated rings. The maximum absolute atomic E-state index is 14.1. The molecule has 32 heavy (non-hydrogen) atoms. The highest BCUT2D eigenvalue weighted by Gasteiger charge is 2.62. The molecule has 1 N–H and O–H groups in total. The van der Waals surface area contributed by atoms with Gasteiger partial charge in [0.25, 0.3) is 5.60 Å². The van der Waals surface area contributed by atoms with Crippen molar-refractivity contribution in [1.82, 2.24) is 4.90 Å². The molecule has 1 atom stereocenters. The Bertz CT molecular complexity index is 1060. The third-order valence-corrected chi connectivity index (χ3v) is 5.91. The average molecular weight is 479 g/mol. The number of β-amino-alcohol motifs (C(OH)–C–C–N with tert-alkyl or cyclic N) is 1. The molecular formula is C21H17ClF6N2O2. The van der Waals surface area contributed by atoms with Crippen molar-refractivity contribution in [3.63, 3.8) is 0 Å². The van der Waals surface area contributed by atoms with E-state index >= 15 is 0 Å². The first-order valence-electron chi connectivity index (χ1n) is 9.45. The highest BCUT2D eigenvalue weighted by atomic mass is 35.5. The van der Waals surface area contributed by atoms with Gasteiger partial charge in [-0.25, -0.2) is 0 Å². The van der Waals surface area contributed by atoms with Crippen LogP contribution in [0.1, 0.15) is 28.7 Å². The van der Waals surface area contributed by atoms with Crippen LogP contribution in [0, 0.1) is 0 Å². The molecule has 0 amide bonds. The predicted octanol–water partition coefficient (Wildman–Crippen LogP) is 5.07. The summed E-state index contributed by atoms with van der Waals surface area (Å²) in [6.07, 6.45) is -10.8. The second-order valence-electron chi connectivity index (χ2n) is 8.14. The fraction of sp³-hybridized carbons (Fsp3) is 0.381. The highest BCUT2D eigenvalue weighted by molar-refractivity contribution is 6.30. The summed E-state index contributed by atoms with van der Waals surface area (Å²) in [5, 5.41) is 13.6. The van der Waals surface area contributed by atoms with Crippen LogP contribution in [0.3, 0.4) is 0 Å². The molecule has 0 spiro atoms. The van der Waals surface area contributed by atoms with Gasteiger partial charge in [0, 0.05) is 30.1 Å². The lowest BCUT2D eigenvalue weighted by atomic mass is 9.84. The number of benzene rings is 2. The normalized spacial score (nSPS) is 23.5. The van der Waals surface area contributed by atoms with Crippen molar-refractivity contribution in [3.8, 4) is 0 Å². The summed E-state index contributed by atoms with van der Waals surface area (Å²) in [5.41, 5.74) is -5.43. The molecule has 2 aliphatic rings. The minimum atomic E-state index is -5.07. The Morgan fingerprint density at radius 1 is 1.00 bits per heavy atom. The average Bonchev–Trinajstić information content (AvgIpc) is 3.13. The van der Waals surface area contributed by atoms with Gasteiger partial charge in [0.15, 0.2) is 0 Å². The van der Waals surface area contributed by atoms with E-state index in [0.717, 1.165) is 6.07 Å². The molecule has 0 bridgehead atoms. The summed E-state index contributed by atoms with van der Waals surface area (Å²) in [7, 11) is 1.84. The van der Waals surface area contributed by atoms with Crippen LogP contribution in [0.2, 0.25) is 5.02 Å². The molecule has 2 aromatic carbocycles. The van der Waals surface area contributed by atoms with Crippen molar-refractivity contribution in [2.24, 2.45) is 5.16 Å². The van der Waals surface area contributed by atoms with Gasteiger partial charge >= 0.3 is 12.4 Å². The summed E-state index contributed by atoms with van der Waals surface area (Å²) in [5.74, 6) is 0. The molecule has 0 radical (unpaired) electrons. The van der Waals surface area contributed by atoms with Gasteiger partial charge in [-0.2, -0.15) is 26.3 Å². The van der Waals surface area contributed by atoms with E-state index in [-0.39, 0.29) is 5.71 Å². The van der Waals surface area contributed by atoms with Gasteiger partial charge in [-0.1, -0.05) is 41.0 Å². The first-order valence-corrected chi connectivity index (χ1v) is 9.83. The van der Waals surface area contributed by atoms with Crippen LogP contribution in [-0.2, 0) is 22.2 Å². The first kappa shape index (κ1) is 22.9. The number of likely N-dealkylation sites (N-methyl/N-ethyl adjacent to an activating group) is 1. The lowest BCUT2D eigenvalue weighted by Crippen LogP contribution is -2.57. The van der Waals surface area contributed by atoms with Crippen LogP contribution in [0.15, 0.2) is 47.6 Å². The molecular weight excluding hydrogens is 462 g/mol. The van der Waals surface area contributed by atoms with E-state index in [2.05, 4.69) is 5.16 Å². The minimum absolute atomic E-state index is 0.0832. The van der Waals surface area contributed by atoms with Gasteiger partial charge < -0.3 is 9.94 Å². The third-order valence-electron chi connectivity index (χ3n) is 5.70.